The number of esters is 1. The maximum atomic E-state index is 12.1. The molecule has 0 atom stereocenters. The van der Waals surface area contributed by atoms with Crippen LogP contribution in [0.1, 0.15) is 11.1 Å². The summed E-state index contributed by atoms with van der Waals surface area (Å²) in [4.78, 5) is 12.3. The molecule has 0 N–H and O–H groups in total. The highest BCUT2D eigenvalue weighted by molar-refractivity contribution is 14.1. The number of hydrogen-bond donors (Lipinski definition) is 0. The molecule has 1 aliphatic heterocycles. The topological polar surface area (TPSA) is 60.4 Å². The second-order valence-electron chi connectivity index (χ2n) is 5.23. The number of sulfone groups is 1. The highest BCUT2D eigenvalue weighted by Crippen LogP contribution is 2.33. The maximum absolute atomic E-state index is 12.1. The summed E-state index contributed by atoms with van der Waals surface area (Å²) in [5, 5.41) is 0. The van der Waals surface area contributed by atoms with E-state index >= 15 is 0 Å². The van der Waals surface area contributed by atoms with Gasteiger partial charge in [0.2, 0.25) is 0 Å². The van der Waals surface area contributed by atoms with E-state index < -0.39 is 9.84 Å². The lowest BCUT2D eigenvalue weighted by Gasteiger charge is -2.06. The summed E-state index contributed by atoms with van der Waals surface area (Å²) >= 11 is 2.20. The van der Waals surface area contributed by atoms with E-state index in [1.54, 1.807) is 24.3 Å². The van der Waals surface area contributed by atoms with E-state index in [2.05, 4.69) is 22.6 Å². The first kappa shape index (κ1) is 16.2. The molecule has 6 heteroatoms. The largest absolute Gasteiger partial charge is 0.457 e. The van der Waals surface area contributed by atoms with Gasteiger partial charge in [-0.15, -0.1) is 0 Å². The van der Waals surface area contributed by atoms with Crippen molar-refractivity contribution in [1.82, 2.24) is 0 Å². The Bertz CT molecular complexity index is 895. The molecule has 4 nitrogen and oxygen atoms in total. The average molecular weight is 436 g/mol. The molecule has 118 valence electrons. The van der Waals surface area contributed by atoms with Crippen molar-refractivity contribution in [2.75, 3.05) is 12.9 Å². The number of hydrogen-bond acceptors (Lipinski definition) is 4. The molecule has 0 saturated heterocycles. The monoisotopic (exact) mass is 436 g/mol. The van der Waals surface area contributed by atoms with E-state index in [0.717, 1.165) is 20.3 Å². The van der Waals surface area contributed by atoms with Gasteiger partial charge in [0.05, 0.1) is 10.5 Å². The average Bonchev–Trinajstić information content (AvgIpc) is 2.89. The zero-order valence-electron chi connectivity index (χ0n) is 12.2. The standard InChI is InChI=1S/C17H13IO4S/c1-23(20,21)14-8-4-11(5-9-14)15-10-22-17(19)16(15)12-2-6-13(18)7-3-12/h2-9H,10H2,1H3/i18-4. The minimum atomic E-state index is -3.24. The van der Waals surface area contributed by atoms with Gasteiger partial charge in [0, 0.05) is 15.4 Å². The molecule has 0 unspecified atom stereocenters. The summed E-state index contributed by atoms with van der Waals surface area (Å²) in [7, 11) is -3.24. The Hall–Kier alpha value is -1.67. The Balaban J connectivity index is 2.08. The summed E-state index contributed by atoms with van der Waals surface area (Å²) < 4.78 is 29.3. The fraction of sp³-hybridized carbons (Fsp3) is 0.118. The third kappa shape index (κ3) is 3.32. The lowest BCUT2D eigenvalue weighted by Crippen LogP contribution is -1.98. The van der Waals surface area contributed by atoms with Crippen molar-refractivity contribution in [2.24, 2.45) is 0 Å². The van der Waals surface area contributed by atoms with Gasteiger partial charge in [0.25, 0.3) is 0 Å². The highest BCUT2D eigenvalue weighted by Gasteiger charge is 2.27. The van der Waals surface area contributed by atoms with Crippen LogP contribution in [0.5, 0.6) is 0 Å². The molecule has 0 saturated carbocycles. The Morgan fingerprint density at radius 3 is 2.09 bits per heavy atom. The first-order valence-corrected chi connectivity index (χ1v) is 9.80. The van der Waals surface area contributed by atoms with Gasteiger partial charge < -0.3 is 4.74 Å². The van der Waals surface area contributed by atoms with E-state index in [4.69, 9.17) is 4.74 Å². The van der Waals surface area contributed by atoms with Gasteiger partial charge in [-0.3, -0.25) is 0 Å². The lowest BCUT2D eigenvalue weighted by atomic mass is 9.97. The normalized spacial score (nSPS) is 15.0. The quantitative estimate of drug-likeness (QED) is 0.548. The van der Waals surface area contributed by atoms with E-state index in [1.807, 2.05) is 24.3 Å². The van der Waals surface area contributed by atoms with Crippen molar-refractivity contribution < 1.29 is 17.9 Å². The van der Waals surface area contributed by atoms with Gasteiger partial charge in [0.15, 0.2) is 9.84 Å². The number of cyclic esters (lactones) is 1. The summed E-state index contributed by atoms with van der Waals surface area (Å²) in [6.45, 7) is 0.193. The molecular weight excluding hydrogens is 423 g/mol. The number of halogens is 1. The van der Waals surface area contributed by atoms with Gasteiger partial charge in [-0.1, -0.05) is 24.3 Å². The fourth-order valence-corrected chi connectivity index (χ4v) is 3.43. The molecule has 2 aromatic carbocycles. The summed E-state index contributed by atoms with van der Waals surface area (Å²) in [5.41, 5.74) is 2.90. The smallest absolute Gasteiger partial charge is 0.339 e. The molecule has 1 heterocycles. The number of carbonyl (C=O) groups excluding carboxylic acids is 1. The number of carbonyl (C=O) groups is 1. The van der Waals surface area contributed by atoms with E-state index in [0.29, 0.717) is 5.57 Å². The van der Waals surface area contributed by atoms with Gasteiger partial charge in [-0.05, 0) is 58.0 Å². The van der Waals surface area contributed by atoms with Gasteiger partial charge in [-0.25, -0.2) is 13.2 Å². The first-order chi connectivity index (χ1) is 10.9. The summed E-state index contributed by atoms with van der Waals surface area (Å²) in [6.07, 6.45) is 1.17. The van der Waals surface area contributed by atoms with Crippen molar-refractivity contribution in [3.63, 3.8) is 0 Å². The Kier molecular flexibility index (Phi) is 4.29. The van der Waals surface area contributed by atoms with Crippen LogP contribution in [-0.2, 0) is 19.4 Å². The van der Waals surface area contributed by atoms with Crippen molar-refractivity contribution in [3.05, 3.63) is 63.2 Å². The molecule has 0 radical (unpaired) electrons. The van der Waals surface area contributed by atoms with Crippen LogP contribution in [0.4, 0.5) is 0 Å². The highest BCUT2D eigenvalue weighted by atomic mass is 123. The SMILES string of the molecule is CS(=O)(=O)c1ccc(C2=C(c3ccc([123I])cc3)C(=O)OC2)cc1. The minimum Gasteiger partial charge on any atom is -0.457 e. The van der Waals surface area contributed by atoms with Crippen LogP contribution in [0.3, 0.4) is 0 Å². The van der Waals surface area contributed by atoms with Crippen LogP contribution in [0.15, 0.2) is 53.4 Å². The molecule has 0 bridgehead atoms. The lowest BCUT2D eigenvalue weighted by molar-refractivity contribution is -0.133. The molecule has 3 rings (SSSR count). The first-order valence-electron chi connectivity index (χ1n) is 6.83. The van der Waals surface area contributed by atoms with E-state index in [1.165, 1.54) is 6.26 Å². The Morgan fingerprint density at radius 2 is 1.52 bits per heavy atom. The number of benzene rings is 2. The van der Waals surface area contributed by atoms with Gasteiger partial charge >= 0.3 is 5.97 Å². The zero-order chi connectivity index (χ0) is 16.6. The van der Waals surface area contributed by atoms with Crippen LogP contribution in [-0.4, -0.2) is 27.2 Å². The molecule has 0 aromatic heterocycles. The molecule has 23 heavy (non-hydrogen) atoms. The molecule has 0 spiro atoms. The van der Waals surface area contributed by atoms with Crippen LogP contribution in [0.2, 0.25) is 0 Å². The molecule has 2 aromatic rings. The zero-order valence-corrected chi connectivity index (χ0v) is 15.2. The van der Waals surface area contributed by atoms with Crippen LogP contribution in [0.25, 0.3) is 11.1 Å². The van der Waals surface area contributed by atoms with Crippen LogP contribution >= 0.6 is 22.6 Å². The van der Waals surface area contributed by atoms with Crippen molar-refractivity contribution in [1.29, 1.82) is 0 Å². The van der Waals surface area contributed by atoms with E-state index in [9.17, 15) is 13.2 Å². The van der Waals surface area contributed by atoms with Crippen molar-refractivity contribution >= 4 is 49.5 Å². The predicted molar refractivity (Wildman–Crippen MR) is 96.5 cm³/mol. The Labute approximate surface area is 148 Å². The van der Waals surface area contributed by atoms with Crippen LogP contribution < -0.4 is 0 Å². The minimum absolute atomic E-state index is 0.193. The fourth-order valence-electron chi connectivity index (χ4n) is 2.44. The second kappa shape index (κ2) is 6.09. The van der Waals surface area contributed by atoms with Crippen molar-refractivity contribution in [3.8, 4) is 0 Å². The molecular formula is C17H13IO4S. The number of rotatable bonds is 3. The van der Waals surface area contributed by atoms with E-state index in [-0.39, 0.29) is 17.5 Å². The molecule has 0 fully saturated rings. The third-order valence-electron chi connectivity index (χ3n) is 3.62. The van der Waals surface area contributed by atoms with Crippen molar-refractivity contribution in [2.45, 2.75) is 4.90 Å². The maximum Gasteiger partial charge on any atom is 0.339 e. The van der Waals surface area contributed by atoms with Crippen LogP contribution in [0, 0.1) is 3.57 Å². The predicted octanol–water partition coefficient (Wildman–Crippen LogP) is 3.16. The second-order valence-corrected chi connectivity index (χ2v) is 8.49. The summed E-state index contributed by atoms with van der Waals surface area (Å²) in [5.74, 6) is -0.353. The van der Waals surface area contributed by atoms with Gasteiger partial charge in [0.1, 0.15) is 6.61 Å². The number of ether oxygens (including phenoxy) is 1. The molecule has 0 aliphatic carbocycles. The van der Waals surface area contributed by atoms with Gasteiger partial charge in [-0.2, -0.15) is 0 Å². The Morgan fingerprint density at radius 1 is 0.957 bits per heavy atom. The molecule has 1 aliphatic rings. The summed E-state index contributed by atoms with van der Waals surface area (Å²) in [6, 6.07) is 14.1. The molecule has 0 amide bonds. The third-order valence-corrected chi connectivity index (χ3v) is 5.46.